The number of benzene rings is 1. The van der Waals surface area contributed by atoms with Crippen LogP contribution in [0.15, 0.2) is 23.8 Å². The molecule has 1 unspecified atom stereocenters. The highest BCUT2D eigenvalue weighted by molar-refractivity contribution is 5.61. The van der Waals surface area contributed by atoms with Crippen LogP contribution in [-0.4, -0.2) is 6.04 Å². The second-order valence-electron chi connectivity index (χ2n) is 4.21. The summed E-state index contributed by atoms with van der Waals surface area (Å²) in [7, 11) is 0. The van der Waals surface area contributed by atoms with Gasteiger partial charge in [0.05, 0.1) is 0 Å². The van der Waals surface area contributed by atoms with Crippen molar-refractivity contribution in [3.63, 3.8) is 0 Å². The van der Waals surface area contributed by atoms with Crippen LogP contribution >= 0.6 is 0 Å². The zero-order valence-corrected chi connectivity index (χ0v) is 8.88. The standard InChI is InChI=1S/C13H17N/c1-9-3-4-11-5-6-12(10(2)14)8-13(11)7-9/h3-4,7-8,10H,5-6,14H2,1-2H3. The molecule has 1 aliphatic carbocycles. The fourth-order valence-electron chi connectivity index (χ4n) is 1.99. The van der Waals surface area contributed by atoms with Gasteiger partial charge in [-0.05, 0) is 37.8 Å². The van der Waals surface area contributed by atoms with Crippen molar-refractivity contribution < 1.29 is 0 Å². The Kier molecular flexibility index (Phi) is 2.42. The molecule has 0 fully saturated rings. The first kappa shape index (κ1) is 9.47. The Bertz CT molecular complexity index is 375. The molecule has 1 aliphatic rings. The van der Waals surface area contributed by atoms with Crippen molar-refractivity contribution in [2.24, 2.45) is 5.73 Å². The molecule has 0 bridgehead atoms. The van der Waals surface area contributed by atoms with Crippen molar-refractivity contribution >= 4 is 6.08 Å². The lowest BCUT2D eigenvalue weighted by molar-refractivity contribution is 0.777. The largest absolute Gasteiger partial charge is 0.324 e. The van der Waals surface area contributed by atoms with E-state index in [4.69, 9.17) is 5.73 Å². The second kappa shape index (κ2) is 3.58. The first-order valence-electron chi connectivity index (χ1n) is 5.22. The zero-order valence-electron chi connectivity index (χ0n) is 8.88. The third kappa shape index (κ3) is 1.73. The molecule has 2 N–H and O–H groups in total. The summed E-state index contributed by atoms with van der Waals surface area (Å²) in [5.74, 6) is 0. The van der Waals surface area contributed by atoms with E-state index in [1.54, 1.807) is 0 Å². The molecule has 1 aromatic rings. The normalized spacial score (nSPS) is 17.2. The van der Waals surface area contributed by atoms with E-state index in [1.165, 1.54) is 22.3 Å². The average molecular weight is 187 g/mol. The fraction of sp³-hybridized carbons (Fsp3) is 0.385. The topological polar surface area (TPSA) is 26.0 Å². The van der Waals surface area contributed by atoms with Gasteiger partial charge >= 0.3 is 0 Å². The van der Waals surface area contributed by atoms with Gasteiger partial charge < -0.3 is 5.73 Å². The summed E-state index contributed by atoms with van der Waals surface area (Å²) in [6.45, 7) is 4.20. The molecule has 14 heavy (non-hydrogen) atoms. The molecule has 1 nitrogen and oxygen atoms in total. The molecule has 0 aliphatic heterocycles. The molecule has 0 radical (unpaired) electrons. The third-order valence-electron chi connectivity index (χ3n) is 2.91. The molecule has 0 amide bonds. The van der Waals surface area contributed by atoms with E-state index in [-0.39, 0.29) is 6.04 Å². The van der Waals surface area contributed by atoms with Gasteiger partial charge in [0, 0.05) is 6.04 Å². The van der Waals surface area contributed by atoms with Gasteiger partial charge in [-0.3, -0.25) is 0 Å². The van der Waals surface area contributed by atoms with Gasteiger partial charge in [-0.2, -0.15) is 0 Å². The summed E-state index contributed by atoms with van der Waals surface area (Å²) in [5.41, 5.74) is 11.4. The molecule has 0 spiro atoms. The Balaban J connectivity index is 2.42. The molecule has 74 valence electrons. The van der Waals surface area contributed by atoms with E-state index >= 15 is 0 Å². The first-order chi connectivity index (χ1) is 6.66. The molecule has 2 rings (SSSR count). The van der Waals surface area contributed by atoms with Gasteiger partial charge in [-0.15, -0.1) is 0 Å². The maximum Gasteiger partial charge on any atom is 0.0228 e. The van der Waals surface area contributed by atoms with E-state index in [9.17, 15) is 0 Å². The molecule has 1 aromatic carbocycles. The van der Waals surface area contributed by atoms with Gasteiger partial charge in [0.25, 0.3) is 0 Å². The SMILES string of the molecule is Cc1ccc2c(c1)C=C(C(C)N)CC2. The monoisotopic (exact) mass is 187 g/mol. The lowest BCUT2D eigenvalue weighted by Crippen LogP contribution is -2.20. The van der Waals surface area contributed by atoms with Crippen LogP contribution in [0.1, 0.15) is 30.0 Å². The Hall–Kier alpha value is -1.08. The first-order valence-corrected chi connectivity index (χ1v) is 5.22. The number of aryl methyl sites for hydroxylation is 2. The predicted octanol–water partition coefficient (Wildman–Crippen LogP) is 2.67. The van der Waals surface area contributed by atoms with E-state index in [0.717, 1.165) is 12.8 Å². The van der Waals surface area contributed by atoms with Crippen LogP contribution in [0.4, 0.5) is 0 Å². The highest BCUT2D eigenvalue weighted by Crippen LogP contribution is 2.25. The quantitative estimate of drug-likeness (QED) is 0.718. The van der Waals surface area contributed by atoms with E-state index < -0.39 is 0 Å². The summed E-state index contributed by atoms with van der Waals surface area (Å²) in [6.07, 6.45) is 4.52. The number of hydrogen-bond donors (Lipinski definition) is 1. The Labute approximate surface area is 85.6 Å². The number of fused-ring (bicyclic) bond motifs is 1. The van der Waals surface area contributed by atoms with Crippen LogP contribution < -0.4 is 5.73 Å². The Morgan fingerprint density at radius 3 is 2.79 bits per heavy atom. The molecular weight excluding hydrogens is 170 g/mol. The van der Waals surface area contributed by atoms with Crippen molar-refractivity contribution in [3.8, 4) is 0 Å². The highest BCUT2D eigenvalue weighted by atomic mass is 14.6. The average Bonchev–Trinajstić information content (AvgIpc) is 2.16. The van der Waals surface area contributed by atoms with Gasteiger partial charge in [0.1, 0.15) is 0 Å². The van der Waals surface area contributed by atoms with Crippen LogP contribution in [0, 0.1) is 6.92 Å². The van der Waals surface area contributed by atoms with Gasteiger partial charge in [-0.1, -0.05) is 35.4 Å². The van der Waals surface area contributed by atoms with Gasteiger partial charge in [0.15, 0.2) is 0 Å². The van der Waals surface area contributed by atoms with E-state index in [1.807, 2.05) is 0 Å². The minimum Gasteiger partial charge on any atom is -0.324 e. The van der Waals surface area contributed by atoms with Crippen molar-refractivity contribution in [2.45, 2.75) is 32.7 Å². The summed E-state index contributed by atoms with van der Waals surface area (Å²) < 4.78 is 0. The zero-order chi connectivity index (χ0) is 10.1. The molecule has 0 saturated carbocycles. The summed E-state index contributed by atoms with van der Waals surface area (Å²) in [4.78, 5) is 0. The van der Waals surface area contributed by atoms with Gasteiger partial charge in [-0.25, -0.2) is 0 Å². The van der Waals surface area contributed by atoms with Crippen LogP contribution in [-0.2, 0) is 6.42 Å². The Morgan fingerprint density at radius 2 is 2.07 bits per heavy atom. The van der Waals surface area contributed by atoms with Crippen LogP contribution in [0.5, 0.6) is 0 Å². The maximum absolute atomic E-state index is 5.89. The van der Waals surface area contributed by atoms with E-state index in [2.05, 4.69) is 38.1 Å². The smallest absolute Gasteiger partial charge is 0.0228 e. The van der Waals surface area contributed by atoms with Gasteiger partial charge in [0.2, 0.25) is 0 Å². The van der Waals surface area contributed by atoms with Crippen molar-refractivity contribution in [2.75, 3.05) is 0 Å². The van der Waals surface area contributed by atoms with Crippen molar-refractivity contribution in [3.05, 3.63) is 40.5 Å². The van der Waals surface area contributed by atoms with E-state index in [0.29, 0.717) is 0 Å². The van der Waals surface area contributed by atoms with Crippen LogP contribution in [0.25, 0.3) is 6.08 Å². The number of hydrogen-bond acceptors (Lipinski definition) is 1. The highest BCUT2D eigenvalue weighted by Gasteiger charge is 2.12. The predicted molar refractivity (Wildman–Crippen MR) is 61.1 cm³/mol. The van der Waals surface area contributed by atoms with Crippen LogP contribution in [0.3, 0.4) is 0 Å². The minimum atomic E-state index is 0.198. The number of rotatable bonds is 1. The molecule has 1 heteroatoms. The maximum atomic E-state index is 5.89. The summed E-state index contributed by atoms with van der Waals surface area (Å²) >= 11 is 0. The molecule has 1 atom stereocenters. The molecule has 0 saturated heterocycles. The second-order valence-corrected chi connectivity index (χ2v) is 4.21. The molecular formula is C13H17N. The molecule has 0 aromatic heterocycles. The number of nitrogens with two attached hydrogens (primary N) is 1. The lowest BCUT2D eigenvalue weighted by Gasteiger charge is -2.19. The lowest BCUT2D eigenvalue weighted by atomic mass is 9.89. The fourth-order valence-corrected chi connectivity index (χ4v) is 1.99. The third-order valence-corrected chi connectivity index (χ3v) is 2.91. The summed E-state index contributed by atoms with van der Waals surface area (Å²) in [6, 6.07) is 6.86. The Morgan fingerprint density at radius 1 is 1.29 bits per heavy atom. The minimum absolute atomic E-state index is 0.198. The molecule has 0 heterocycles. The van der Waals surface area contributed by atoms with Crippen molar-refractivity contribution in [1.29, 1.82) is 0 Å². The summed E-state index contributed by atoms with van der Waals surface area (Å²) in [5, 5.41) is 0. The van der Waals surface area contributed by atoms with Crippen molar-refractivity contribution in [1.82, 2.24) is 0 Å². The van der Waals surface area contributed by atoms with Crippen LogP contribution in [0.2, 0.25) is 0 Å².